The van der Waals surface area contributed by atoms with E-state index in [2.05, 4.69) is 43.3 Å². The van der Waals surface area contributed by atoms with Gasteiger partial charge in [-0.15, -0.1) is 0 Å². The SMILES string of the molecule is NC1=NCNC(N2CCC(Cc3ccc(Cl)cc3)CC2)=C1Br. The van der Waals surface area contributed by atoms with E-state index >= 15 is 0 Å². The van der Waals surface area contributed by atoms with Gasteiger partial charge in [-0.3, -0.25) is 0 Å². The Morgan fingerprint density at radius 1 is 1.27 bits per heavy atom. The zero-order chi connectivity index (χ0) is 15.5. The molecule has 6 heteroatoms. The molecule has 0 aromatic heterocycles. The van der Waals surface area contributed by atoms with Crippen LogP contribution in [0.15, 0.2) is 39.6 Å². The zero-order valence-electron chi connectivity index (χ0n) is 12.4. The van der Waals surface area contributed by atoms with Crippen LogP contribution in [0.4, 0.5) is 0 Å². The summed E-state index contributed by atoms with van der Waals surface area (Å²) in [6.07, 6.45) is 3.50. The van der Waals surface area contributed by atoms with Gasteiger partial charge in [-0.25, -0.2) is 4.99 Å². The average Bonchev–Trinajstić information content (AvgIpc) is 2.53. The number of hydrogen-bond donors (Lipinski definition) is 2. The molecule has 0 unspecified atom stereocenters. The molecule has 0 saturated carbocycles. The molecule has 0 bridgehead atoms. The summed E-state index contributed by atoms with van der Waals surface area (Å²) in [7, 11) is 0. The Labute approximate surface area is 144 Å². The first-order chi connectivity index (χ1) is 10.6. The Balaban J connectivity index is 1.57. The average molecular weight is 384 g/mol. The van der Waals surface area contributed by atoms with Crippen molar-refractivity contribution in [3.05, 3.63) is 45.2 Å². The van der Waals surface area contributed by atoms with Crippen LogP contribution in [0, 0.1) is 5.92 Å². The lowest BCUT2D eigenvalue weighted by Crippen LogP contribution is -2.42. The largest absolute Gasteiger partial charge is 0.383 e. The van der Waals surface area contributed by atoms with Crippen LogP contribution < -0.4 is 11.1 Å². The van der Waals surface area contributed by atoms with Gasteiger partial charge in [0.05, 0.1) is 4.48 Å². The van der Waals surface area contributed by atoms with E-state index in [1.54, 1.807) is 0 Å². The molecule has 0 amide bonds. The number of halogens is 2. The van der Waals surface area contributed by atoms with E-state index in [1.807, 2.05) is 12.1 Å². The Morgan fingerprint density at radius 3 is 2.64 bits per heavy atom. The Morgan fingerprint density at radius 2 is 1.95 bits per heavy atom. The number of nitrogens with one attached hydrogen (secondary N) is 1. The second-order valence-electron chi connectivity index (χ2n) is 5.80. The predicted octanol–water partition coefficient (Wildman–Crippen LogP) is 3.08. The van der Waals surface area contributed by atoms with Crippen LogP contribution in [0.5, 0.6) is 0 Å². The number of piperidine rings is 1. The van der Waals surface area contributed by atoms with Crippen molar-refractivity contribution in [1.82, 2.24) is 10.2 Å². The van der Waals surface area contributed by atoms with E-state index in [-0.39, 0.29) is 0 Å². The minimum Gasteiger partial charge on any atom is -0.383 e. The van der Waals surface area contributed by atoms with Gasteiger partial charge in [0, 0.05) is 18.1 Å². The van der Waals surface area contributed by atoms with Crippen LogP contribution in [0.2, 0.25) is 5.02 Å². The lowest BCUT2D eigenvalue weighted by molar-refractivity contribution is 0.214. The van der Waals surface area contributed by atoms with Crippen molar-refractivity contribution in [3.63, 3.8) is 0 Å². The maximum Gasteiger partial charge on any atom is 0.138 e. The first kappa shape index (κ1) is 15.7. The van der Waals surface area contributed by atoms with Crippen molar-refractivity contribution in [2.45, 2.75) is 19.3 Å². The minimum absolute atomic E-state index is 0.557. The molecule has 2 heterocycles. The number of rotatable bonds is 3. The highest BCUT2D eigenvalue weighted by atomic mass is 79.9. The second kappa shape index (κ2) is 6.92. The molecule has 0 radical (unpaired) electrons. The van der Waals surface area contributed by atoms with Gasteiger partial charge in [0.25, 0.3) is 0 Å². The molecule has 0 atom stereocenters. The predicted molar refractivity (Wildman–Crippen MR) is 95.0 cm³/mol. The molecule has 4 nitrogen and oxygen atoms in total. The number of nitrogens with two attached hydrogens (primary N) is 1. The summed E-state index contributed by atoms with van der Waals surface area (Å²) < 4.78 is 0.884. The summed E-state index contributed by atoms with van der Waals surface area (Å²) in [5.41, 5.74) is 7.26. The topological polar surface area (TPSA) is 53.6 Å². The van der Waals surface area contributed by atoms with Crippen LogP contribution in [-0.4, -0.2) is 30.5 Å². The standard InChI is InChI=1S/C16H20BrClN4/c17-14-15(19)20-10-21-16(14)22-7-5-12(6-8-22)9-11-1-3-13(18)4-2-11/h1-4,12,21H,5-10H2,(H2,19,20). The molecule has 2 aliphatic rings. The molecule has 118 valence electrons. The van der Waals surface area contributed by atoms with E-state index in [9.17, 15) is 0 Å². The fourth-order valence-corrected chi connectivity index (χ4v) is 3.68. The van der Waals surface area contributed by atoms with Crippen LogP contribution in [0.3, 0.4) is 0 Å². The smallest absolute Gasteiger partial charge is 0.138 e. The summed E-state index contributed by atoms with van der Waals surface area (Å²) in [4.78, 5) is 6.54. The Bertz CT molecular complexity index is 589. The normalized spacial score (nSPS) is 19.9. The van der Waals surface area contributed by atoms with E-state index in [0.717, 1.165) is 40.8 Å². The maximum atomic E-state index is 5.94. The van der Waals surface area contributed by atoms with Crippen molar-refractivity contribution in [1.29, 1.82) is 0 Å². The third kappa shape index (κ3) is 3.58. The Kier molecular flexibility index (Phi) is 4.93. The number of benzene rings is 1. The van der Waals surface area contributed by atoms with Crippen molar-refractivity contribution >= 4 is 33.4 Å². The van der Waals surface area contributed by atoms with E-state index in [1.165, 1.54) is 18.4 Å². The highest BCUT2D eigenvalue weighted by Gasteiger charge is 2.24. The van der Waals surface area contributed by atoms with Crippen molar-refractivity contribution in [3.8, 4) is 0 Å². The number of hydrogen-bond acceptors (Lipinski definition) is 4. The fourth-order valence-electron chi connectivity index (χ4n) is 3.03. The molecule has 3 rings (SSSR count). The maximum absolute atomic E-state index is 5.94. The van der Waals surface area contributed by atoms with Crippen LogP contribution in [0.25, 0.3) is 0 Å². The van der Waals surface area contributed by atoms with Gasteiger partial charge in [-0.05, 0) is 58.8 Å². The summed E-state index contributed by atoms with van der Waals surface area (Å²) in [6, 6.07) is 8.21. The molecule has 1 aromatic carbocycles. The number of likely N-dealkylation sites (tertiary alicyclic amines) is 1. The zero-order valence-corrected chi connectivity index (χ0v) is 14.7. The van der Waals surface area contributed by atoms with E-state index in [4.69, 9.17) is 17.3 Å². The fraction of sp³-hybridized carbons (Fsp3) is 0.438. The summed E-state index contributed by atoms with van der Waals surface area (Å²) >= 11 is 9.48. The van der Waals surface area contributed by atoms with Crippen LogP contribution in [-0.2, 0) is 6.42 Å². The highest BCUT2D eigenvalue weighted by Crippen LogP contribution is 2.26. The number of aliphatic imine (C=N–C) groups is 1. The van der Waals surface area contributed by atoms with Gasteiger partial charge >= 0.3 is 0 Å². The molecule has 0 aliphatic carbocycles. The van der Waals surface area contributed by atoms with Gasteiger partial charge in [0.2, 0.25) is 0 Å². The molecule has 1 saturated heterocycles. The van der Waals surface area contributed by atoms with Crippen molar-refractivity contribution in [2.24, 2.45) is 16.6 Å². The third-order valence-corrected chi connectivity index (χ3v) is 5.33. The molecular weight excluding hydrogens is 364 g/mol. The van der Waals surface area contributed by atoms with Gasteiger partial charge in [0.1, 0.15) is 18.3 Å². The molecule has 3 N–H and O–H groups in total. The van der Waals surface area contributed by atoms with Gasteiger partial charge in [-0.1, -0.05) is 23.7 Å². The third-order valence-electron chi connectivity index (χ3n) is 4.30. The van der Waals surface area contributed by atoms with Gasteiger partial charge < -0.3 is 16.0 Å². The minimum atomic E-state index is 0.557. The van der Waals surface area contributed by atoms with Gasteiger partial charge in [-0.2, -0.15) is 0 Å². The lowest BCUT2D eigenvalue weighted by Gasteiger charge is -2.36. The molecule has 2 aliphatic heterocycles. The van der Waals surface area contributed by atoms with Crippen LogP contribution >= 0.6 is 27.5 Å². The first-order valence-electron chi connectivity index (χ1n) is 7.57. The van der Waals surface area contributed by atoms with Gasteiger partial charge in [0.15, 0.2) is 0 Å². The summed E-state index contributed by atoms with van der Waals surface area (Å²) in [6.45, 7) is 2.65. The lowest BCUT2D eigenvalue weighted by atomic mass is 9.90. The molecule has 0 spiro atoms. The van der Waals surface area contributed by atoms with E-state index in [0.29, 0.717) is 12.5 Å². The first-order valence-corrected chi connectivity index (χ1v) is 8.74. The molecule has 1 fully saturated rings. The van der Waals surface area contributed by atoms with Crippen molar-refractivity contribution in [2.75, 3.05) is 19.8 Å². The van der Waals surface area contributed by atoms with Crippen LogP contribution in [0.1, 0.15) is 18.4 Å². The van der Waals surface area contributed by atoms with Crippen molar-refractivity contribution < 1.29 is 0 Å². The number of amidine groups is 1. The number of nitrogens with zero attached hydrogens (tertiary/aromatic N) is 2. The molecule has 1 aromatic rings. The molecule has 22 heavy (non-hydrogen) atoms. The summed E-state index contributed by atoms with van der Waals surface area (Å²) in [5, 5.41) is 4.12. The van der Waals surface area contributed by atoms with E-state index < -0.39 is 0 Å². The quantitative estimate of drug-likeness (QED) is 0.843. The Hall–Kier alpha value is -1.20. The second-order valence-corrected chi connectivity index (χ2v) is 7.03. The molecular formula is C16H20BrClN4. The monoisotopic (exact) mass is 382 g/mol. The highest BCUT2D eigenvalue weighted by molar-refractivity contribution is 9.12. The summed E-state index contributed by atoms with van der Waals surface area (Å²) in [5.74, 6) is 2.39.